The molecular formula is C22H36N2O3. The number of likely N-dealkylation sites (N-methyl/N-ethyl adjacent to an activating group) is 1. The summed E-state index contributed by atoms with van der Waals surface area (Å²) in [6.45, 7) is 4.58. The van der Waals surface area contributed by atoms with Crippen LogP contribution in [0.25, 0.3) is 0 Å². The van der Waals surface area contributed by atoms with Crippen LogP contribution in [0, 0.1) is 34.0 Å². The summed E-state index contributed by atoms with van der Waals surface area (Å²) < 4.78 is 11.6. The van der Waals surface area contributed by atoms with Crippen molar-refractivity contribution in [2.75, 3.05) is 21.3 Å². The van der Waals surface area contributed by atoms with Gasteiger partial charge < -0.3 is 25.3 Å². The molecule has 4 aliphatic rings. The Labute approximate surface area is 163 Å². The Morgan fingerprint density at radius 1 is 1.19 bits per heavy atom. The van der Waals surface area contributed by atoms with Crippen LogP contribution in [0.5, 0.6) is 0 Å². The molecule has 3 saturated carbocycles. The summed E-state index contributed by atoms with van der Waals surface area (Å²) in [5, 5.41) is 23.5. The van der Waals surface area contributed by atoms with E-state index in [0.717, 1.165) is 44.2 Å². The molecule has 4 rings (SSSR count). The molecule has 5 heteroatoms. The molecule has 5 unspecified atom stereocenters. The number of ether oxygens (including phenoxy) is 2. The first-order valence-corrected chi connectivity index (χ1v) is 10.5. The fraction of sp³-hybridized carbons (Fsp3) is 0.864. The number of rotatable bonds is 3. The van der Waals surface area contributed by atoms with Crippen LogP contribution in [0.2, 0.25) is 0 Å². The lowest BCUT2D eigenvalue weighted by Crippen LogP contribution is -2.62. The monoisotopic (exact) mass is 376 g/mol. The van der Waals surface area contributed by atoms with Gasteiger partial charge in [0.15, 0.2) is 5.79 Å². The highest BCUT2D eigenvalue weighted by Gasteiger charge is 2.63. The SMILES string of the molecule is CN[C@@H]1C=C2CC(OC)(OC)CCC2(C)C2C1C1CCC(=N)C1(C)C[C@H]2O. The van der Waals surface area contributed by atoms with E-state index in [0.29, 0.717) is 11.8 Å². The largest absolute Gasteiger partial charge is 0.393 e. The van der Waals surface area contributed by atoms with Crippen LogP contribution >= 0.6 is 0 Å². The fourth-order valence-electron chi connectivity index (χ4n) is 7.27. The number of aliphatic hydroxyl groups excluding tert-OH is 1. The van der Waals surface area contributed by atoms with E-state index in [9.17, 15) is 5.11 Å². The van der Waals surface area contributed by atoms with Crippen molar-refractivity contribution in [2.45, 2.75) is 70.3 Å². The van der Waals surface area contributed by atoms with Crippen LogP contribution in [0.3, 0.4) is 0 Å². The Kier molecular flexibility index (Phi) is 4.62. The maximum absolute atomic E-state index is 11.4. The van der Waals surface area contributed by atoms with Gasteiger partial charge in [-0.2, -0.15) is 0 Å². The molecule has 4 aliphatic carbocycles. The molecule has 0 aromatic carbocycles. The topological polar surface area (TPSA) is 74.6 Å². The predicted molar refractivity (Wildman–Crippen MR) is 106 cm³/mol. The fourth-order valence-corrected chi connectivity index (χ4v) is 7.27. The van der Waals surface area contributed by atoms with Gasteiger partial charge in [0, 0.05) is 44.2 Å². The molecule has 0 saturated heterocycles. The van der Waals surface area contributed by atoms with Gasteiger partial charge in [0.1, 0.15) is 0 Å². The first-order valence-electron chi connectivity index (χ1n) is 10.5. The van der Waals surface area contributed by atoms with E-state index < -0.39 is 5.79 Å². The molecule has 0 aromatic heterocycles. The van der Waals surface area contributed by atoms with Crippen LogP contribution in [-0.4, -0.2) is 50.0 Å². The summed E-state index contributed by atoms with van der Waals surface area (Å²) in [6, 6.07) is 0.229. The first-order chi connectivity index (χ1) is 12.7. The van der Waals surface area contributed by atoms with Gasteiger partial charge in [0.25, 0.3) is 0 Å². The van der Waals surface area contributed by atoms with E-state index >= 15 is 0 Å². The highest BCUT2D eigenvalue weighted by molar-refractivity contribution is 5.89. The summed E-state index contributed by atoms with van der Waals surface area (Å²) in [5.41, 5.74) is 2.05. The maximum Gasteiger partial charge on any atom is 0.171 e. The first kappa shape index (κ1) is 19.6. The Hall–Kier alpha value is -0.750. The number of hydrogen-bond acceptors (Lipinski definition) is 5. The van der Waals surface area contributed by atoms with Gasteiger partial charge in [-0.3, -0.25) is 0 Å². The number of fused-ring (bicyclic) bond motifs is 5. The van der Waals surface area contributed by atoms with Gasteiger partial charge >= 0.3 is 0 Å². The molecule has 0 bridgehead atoms. The number of nitrogens with one attached hydrogen (secondary N) is 2. The lowest BCUT2D eigenvalue weighted by molar-refractivity contribution is -0.231. The Morgan fingerprint density at radius 3 is 2.52 bits per heavy atom. The summed E-state index contributed by atoms with van der Waals surface area (Å²) in [6.07, 6.45) is 7.34. The molecule has 3 N–H and O–H groups in total. The van der Waals surface area contributed by atoms with Crippen LogP contribution in [0.15, 0.2) is 11.6 Å². The molecule has 27 heavy (non-hydrogen) atoms. The second kappa shape index (κ2) is 6.38. The molecule has 5 nitrogen and oxygen atoms in total. The molecular weight excluding hydrogens is 340 g/mol. The van der Waals surface area contributed by atoms with Gasteiger partial charge in [-0.15, -0.1) is 0 Å². The van der Waals surface area contributed by atoms with Gasteiger partial charge in [0.2, 0.25) is 0 Å². The second-order valence-electron chi connectivity index (χ2n) is 9.84. The molecule has 3 fully saturated rings. The minimum Gasteiger partial charge on any atom is -0.393 e. The molecule has 0 spiro atoms. The van der Waals surface area contributed by atoms with Gasteiger partial charge in [-0.05, 0) is 55.9 Å². The second-order valence-corrected chi connectivity index (χ2v) is 9.84. The Morgan fingerprint density at radius 2 is 1.89 bits per heavy atom. The average Bonchev–Trinajstić information content (AvgIpc) is 2.95. The Bertz CT molecular complexity index is 658. The molecule has 7 atom stereocenters. The standard InChI is InChI=1S/C22H36N2O3/c1-20-8-9-22(26-4,27-5)11-13(20)10-15(24-3)18-14-6-7-17(23)21(14,2)12-16(25)19(18)20/h10,14-16,18-19,23-25H,6-9,11-12H2,1-5H3/t14?,15-,16-,18?,19?,20?,21?/m1/s1. The van der Waals surface area contributed by atoms with Crippen molar-refractivity contribution in [3.63, 3.8) is 0 Å². The third kappa shape index (κ3) is 2.54. The summed E-state index contributed by atoms with van der Waals surface area (Å²) in [7, 11) is 5.50. The van der Waals surface area contributed by atoms with Crippen molar-refractivity contribution in [1.29, 1.82) is 5.41 Å². The molecule has 0 aliphatic heterocycles. The highest BCUT2D eigenvalue weighted by Crippen LogP contribution is 2.64. The predicted octanol–water partition coefficient (Wildman–Crippen LogP) is 3.13. The minimum absolute atomic E-state index is 0.0237. The van der Waals surface area contributed by atoms with E-state index in [4.69, 9.17) is 14.9 Å². The normalized spacial score (nSPS) is 48.4. The minimum atomic E-state index is -0.542. The summed E-state index contributed by atoms with van der Waals surface area (Å²) in [5.74, 6) is 0.533. The zero-order valence-electron chi connectivity index (χ0n) is 17.5. The third-order valence-electron chi connectivity index (χ3n) is 8.97. The smallest absolute Gasteiger partial charge is 0.171 e. The van der Waals surface area contributed by atoms with Crippen molar-refractivity contribution in [3.05, 3.63) is 11.6 Å². The molecule has 0 heterocycles. The molecule has 152 valence electrons. The Balaban J connectivity index is 1.78. The summed E-state index contributed by atoms with van der Waals surface area (Å²) in [4.78, 5) is 0. The van der Waals surface area contributed by atoms with E-state index in [1.165, 1.54) is 5.57 Å². The van der Waals surface area contributed by atoms with Crippen LogP contribution in [-0.2, 0) is 9.47 Å². The average molecular weight is 377 g/mol. The maximum atomic E-state index is 11.4. The van der Waals surface area contributed by atoms with E-state index in [1.54, 1.807) is 14.2 Å². The van der Waals surface area contributed by atoms with Gasteiger partial charge in [0.05, 0.1) is 6.10 Å². The molecule has 0 aromatic rings. The summed E-state index contributed by atoms with van der Waals surface area (Å²) >= 11 is 0. The third-order valence-corrected chi connectivity index (χ3v) is 8.97. The van der Waals surface area contributed by atoms with Crippen molar-refractivity contribution in [2.24, 2.45) is 28.6 Å². The zero-order chi connectivity index (χ0) is 19.6. The van der Waals surface area contributed by atoms with E-state index in [-0.39, 0.29) is 28.9 Å². The lowest BCUT2D eigenvalue weighted by atomic mass is 9.46. The van der Waals surface area contributed by atoms with E-state index in [2.05, 4.69) is 25.2 Å². The number of methoxy groups -OCH3 is 2. The van der Waals surface area contributed by atoms with Crippen molar-refractivity contribution in [1.82, 2.24) is 5.32 Å². The van der Waals surface area contributed by atoms with E-state index in [1.807, 2.05) is 7.05 Å². The molecule has 0 radical (unpaired) electrons. The number of hydrogen-bond donors (Lipinski definition) is 3. The molecule has 0 amide bonds. The van der Waals surface area contributed by atoms with Gasteiger partial charge in [-0.25, -0.2) is 0 Å². The van der Waals surface area contributed by atoms with Gasteiger partial charge in [-0.1, -0.05) is 25.5 Å². The van der Waals surface area contributed by atoms with Crippen molar-refractivity contribution < 1.29 is 14.6 Å². The zero-order valence-corrected chi connectivity index (χ0v) is 17.5. The lowest BCUT2D eigenvalue weighted by Gasteiger charge is -2.61. The van der Waals surface area contributed by atoms with Crippen molar-refractivity contribution in [3.8, 4) is 0 Å². The number of aliphatic hydroxyl groups is 1. The van der Waals surface area contributed by atoms with Crippen molar-refractivity contribution >= 4 is 5.71 Å². The van der Waals surface area contributed by atoms with Crippen LogP contribution in [0.1, 0.15) is 52.4 Å². The van der Waals surface area contributed by atoms with Crippen LogP contribution in [0.4, 0.5) is 0 Å². The van der Waals surface area contributed by atoms with Crippen LogP contribution < -0.4 is 5.32 Å². The highest BCUT2D eigenvalue weighted by atomic mass is 16.7. The quantitative estimate of drug-likeness (QED) is 0.523.